The van der Waals surface area contributed by atoms with Crippen LogP contribution in [-0.4, -0.2) is 50.4 Å². The lowest BCUT2D eigenvalue weighted by Gasteiger charge is -2.37. The largest absolute Gasteiger partial charge is 0.448 e. The number of aromatic amines is 1. The maximum absolute atomic E-state index is 13.6. The molecule has 0 unspecified atom stereocenters. The Morgan fingerprint density at radius 3 is 2.80 bits per heavy atom. The zero-order valence-electron chi connectivity index (χ0n) is 18.3. The van der Waals surface area contributed by atoms with Gasteiger partial charge in [0.25, 0.3) is 5.91 Å². The maximum atomic E-state index is 13.6. The number of nitrogens with zero attached hydrogens (tertiary/aromatic N) is 4. The molecule has 0 atom stereocenters. The van der Waals surface area contributed by atoms with Crippen LogP contribution in [0.3, 0.4) is 0 Å². The molecule has 35 heavy (non-hydrogen) atoms. The Hall–Kier alpha value is -3.80. The van der Waals surface area contributed by atoms with Crippen LogP contribution in [0.15, 0.2) is 47.2 Å². The summed E-state index contributed by atoms with van der Waals surface area (Å²) in [6.07, 6.45) is -1.29. The number of oxazole rings is 1. The Balaban J connectivity index is 1.12. The molecule has 3 aromatic heterocycles. The van der Waals surface area contributed by atoms with E-state index in [0.717, 1.165) is 6.07 Å². The number of benzene rings is 1. The van der Waals surface area contributed by atoms with Crippen LogP contribution in [0.2, 0.25) is 0 Å². The Bertz CT molecular complexity index is 1360. The van der Waals surface area contributed by atoms with Crippen LogP contribution in [0.1, 0.15) is 39.4 Å². The number of H-pyrrole nitrogens is 1. The predicted molar refractivity (Wildman–Crippen MR) is 116 cm³/mol. The van der Waals surface area contributed by atoms with Gasteiger partial charge in [-0.15, -0.1) is 0 Å². The molecule has 8 nitrogen and oxygen atoms in total. The van der Waals surface area contributed by atoms with Crippen molar-refractivity contribution in [3.05, 3.63) is 77.3 Å². The highest BCUT2D eigenvalue weighted by molar-refractivity contribution is 5.91. The fourth-order valence-electron chi connectivity index (χ4n) is 3.99. The molecule has 0 spiro atoms. The van der Waals surface area contributed by atoms with Crippen LogP contribution in [0, 0.1) is 5.82 Å². The molecule has 0 saturated carbocycles. The Labute approximate surface area is 196 Å². The molecule has 1 amide bonds. The number of likely N-dealkylation sites (tertiary alicyclic amines) is 1. The number of rotatable bonds is 7. The summed E-state index contributed by atoms with van der Waals surface area (Å²) in [5.41, 5.74) is -0.233. The minimum Gasteiger partial charge on any atom is -0.448 e. The number of amides is 1. The van der Waals surface area contributed by atoms with Gasteiger partial charge in [0.15, 0.2) is 11.6 Å². The van der Waals surface area contributed by atoms with Crippen molar-refractivity contribution in [2.75, 3.05) is 19.6 Å². The van der Waals surface area contributed by atoms with Crippen molar-refractivity contribution in [1.82, 2.24) is 30.2 Å². The highest BCUT2D eigenvalue weighted by Gasteiger charge is 2.34. The van der Waals surface area contributed by atoms with Gasteiger partial charge in [-0.3, -0.25) is 9.78 Å². The molecular weight excluding hydrogens is 468 g/mol. The van der Waals surface area contributed by atoms with E-state index in [2.05, 4.69) is 30.2 Å². The minimum absolute atomic E-state index is 0.00251. The first-order valence-electron chi connectivity index (χ1n) is 10.9. The topological polar surface area (TPSA) is 99.9 Å². The van der Waals surface area contributed by atoms with Gasteiger partial charge >= 0.3 is 6.18 Å². The minimum atomic E-state index is -4.45. The second kappa shape index (κ2) is 9.10. The smallest absolute Gasteiger partial charge is 0.418 e. The fourth-order valence-corrected chi connectivity index (χ4v) is 3.99. The van der Waals surface area contributed by atoms with Crippen molar-refractivity contribution in [3.63, 3.8) is 0 Å². The number of carbonyl (C=O) groups excluding carboxylic acids is 1. The highest BCUT2D eigenvalue weighted by Crippen LogP contribution is 2.34. The average Bonchev–Trinajstić information content (AvgIpc) is 3.43. The van der Waals surface area contributed by atoms with Crippen molar-refractivity contribution < 1.29 is 26.8 Å². The number of nitrogens with one attached hydrogen (secondary N) is 2. The Kier molecular flexibility index (Phi) is 5.97. The van der Waals surface area contributed by atoms with E-state index in [9.17, 15) is 22.4 Å². The third-order valence-electron chi connectivity index (χ3n) is 5.85. The summed E-state index contributed by atoms with van der Waals surface area (Å²) in [6.45, 7) is 1.79. The molecule has 4 heterocycles. The first-order chi connectivity index (χ1) is 16.8. The van der Waals surface area contributed by atoms with E-state index in [-0.39, 0.29) is 34.9 Å². The average molecular weight is 488 g/mol. The molecular formula is C23H20F4N6O2. The third kappa shape index (κ3) is 4.87. The predicted octanol–water partition coefficient (Wildman–Crippen LogP) is 3.68. The van der Waals surface area contributed by atoms with E-state index >= 15 is 0 Å². The van der Waals surface area contributed by atoms with Crippen molar-refractivity contribution in [3.8, 4) is 0 Å². The second-order valence-electron chi connectivity index (χ2n) is 8.27. The van der Waals surface area contributed by atoms with Crippen LogP contribution >= 0.6 is 0 Å². The zero-order chi connectivity index (χ0) is 24.6. The number of hydrogen-bond acceptors (Lipinski definition) is 6. The summed E-state index contributed by atoms with van der Waals surface area (Å²) in [5.74, 6) is -0.0955. The van der Waals surface area contributed by atoms with Crippen molar-refractivity contribution >= 4 is 16.9 Å². The third-order valence-corrected chi connectivity index (χ3v) is 5.85. The number of fused-ring (bicyclic) bond motifs is 1. The highest BCUT2D eigenvalue weighted by atomic mass is 19.4. The number of imidazole rings is 1. The molecule has 0 aliphatic carbocycles. The van der Waals surface area contributed by atoms with Gasteiger partial charge < -0.3 is 19.6 Å². The molecule has 2 N–H and O–H groups in total. The van der Waals surface area contributed by atoms with Gasteiger partial charge in [0, 0.05) is 32.3 Å². The summed E-state index contributed by atoms with van der Waals surface area (Å²) in [4.78, 5) is 29.6. The molecule has 12 heteroatoms. The molecule has 1 aliphatic rings. The number of aromatic nitrogens is 4. The quantitative estimate of drug-likeness (QED) is 0.385. The van der Waals surface area contributed by atoms with E-state index in [1.54, 1.807) is 6.07 Å². The molecule has 1 saturated heterocycles. The van der Waals surface area contributed by atoms with E-state index in [4.69, 9.17) is 4.42 Å². The van der Waals surface area contributed by atoms with Crippen LogP contribution in [0.25, 0.3) is 11.0 Å². The first kappa shape index (κ1) is 23.0. The fraction of sp³-hybridized carbons (Fsp3) is 0.304. The number of pyridine rings is 1. The van der Waals surface area contributed by atoms with Crippen molar-refractivity contribution in [1.29, 1.82) is 0 Å². The molecule has 4 aromatic rings. The summed E-state index contributed by atoms with van der Waals surface area (Å²) in [6, 6.07) is 6.66. The Morgan fingerprint density at radius 1 is 1.20 bits per heavy atom. The number of para-hydroxylation sites is 1. The van der Waals surface area contributed by atoms with Crippen LogP contribution < -0.4 is 5.32 Å². The summed E-state index contributed by atoms with van der Waals surface area (Å²) >= 11 is 0. The zero-order valence-corrected chi connectivity index (χ0v) is 18.3. The molecule has 5 rings (SSSR count). The maximum Gasteiger partial charge on any atom is 0.418 e. The number of alkyl halides is 3. The summed E-state index contributed by atoms with van der Waals surface area (Å²) in [5, 5.41) is 2.56. The van der Waals surface area contributed by atoms with Crippen LogP contribution in [0.5, 0.6) is 0 Å². The van der Waals surface area contributed by atoms with E-state index < -0.39 is 23.5 Å². The lowest BCUT2D eigenvalue weighted by Crippen LogP contribution is -2.46. The van der Waals surface area contributed by atoms with Gasteiger partial charge in [0.1, 0.15) is 17.9 Å². The van der Waals surface area contributed by atoms with Gasteiger partial charge in [-0.25, -0.2) is 14.4 Å². The Morgan fingerprint density at radius 2 is 2.03 bits per heavy atom. The van der Waals surface area contributed by atoms with E-state index in [1.807, 2.05) is 0 Å². The summed E-state index contributed by atoms with van der Waals surface area (Å²) in [7, 11) is 0. The normalized spacial score (nSPS) is 14.9. The molecule has 1 aromatic carbocycles. The van der Waals surface area contributed by atoms with E-state index in [0.29, 0.717) is 37.8 Å². The number of carbonyl (C=O) groups is 1. The molecule has 0 radical (unpaired) electrons. The monoisotopic (exact) mass is 488 g/mol. The van der Waals surface area contributed by atoms with Crippen LogP contribution in [0.4, 0.5) is 17.6 Å². The van der Waals surface area contributed by atoms with Gasteiger partial charge in [-0.1, -0.05) is 6.07 Å². The molecule has 1 aliphatic heterocycles. The summed E-state index contributed by atoms with van der Waals surface area (Å²) < 4.78 is 58.6. The van der Waals surface area contributed by atoms with E-state index in [1.165, 1.54) is 30.7 Å². The number of halogens is 4. The standard InChI is InChI=1S/C23H20F4N6O2/c24-15-4-2-7-28-17(15)9-29-21(34)18-12-35-22(31-18)13-10-33(11-13)8-6-19-30-16-5-1-3-14(20(16)32-19)23(25,26)27/h1-5,7,12-13H,6,8-11H2,(H,29,34)(H,30,32). The lowest BCUT2D eigenvalue weighted by atomic mass is 10.00. The SMILES string of the molecule is O=C(NCc1ncccc1F)c1coc(C2CN(CCc3nc4cccc(C(F)(F)F)c4[nH]3)C2)n1. The van der Waals surface area contributed by atoms with Gasteiger partial charge in [-0.2, -0.15) is 13.2 Å². The van der Waals surface area contributed by atoms with Crippen LogP contribution in [-0.2, 0) is 19.1 Å². The van der Waals surface area contributed by atoms with Crippen molar-refractivity contribution in [2.24, 2.45) is 0 Å². The van der Waals surface area contributed by atoms with Gasteiger partial charge in [0.05, 0.1) is 34.8 Å². The lowest BCUT2D eigenvalue weighted by molar-refractivity contribution is -0.136. The van der Waals surface area contributed by atoms with Gasteiger partial charge in [0.2, 0.25) is 0 Å². The molecule has 1 fully saturated rings. The van der Waals surface area contributed by atoms with Crippen molar-refractivity contribution in [2.45, 2.75) is 25.1 Å². The second-order valence-corrected chi connectivity index (χ2v) is 8.27. The first-order valence-corrected chi connectivity index (χ1v) is 10.9. The number of hydrogen-bond donors (Lipinski definition) is 2. The molecule has 182 valence electrons. The molecule has 0 bridgehead atoms. The van der Waals surface area contributed by atoms with Gasteiger partial charge in [-0.05, 0) is 24.3 Å².